The summed E-state index contributed by atoms with van der Waals surface area (Å²) >= 11 is 3.38. The van der Waals surface area contributed by atoms with Crippen molar-refractivity contribution < 1.29 is 9.59 Å². The van der Waals surface area contributed by atoms with Crippen molar-refractivity contribution in [2.75, 3.05) is 13.1 Å². The van der Waals surface area contributed by atoms with Crippen LogP contribution < -0.4 is 5.73 Å². The molecule has 5 heteroatoms. The lowest BCUT2D eigenvalue weighted by molar-refractivity contribution is -0.125. The Kier molecular flexibility index (Phi) is 4.37. The van der Waals surface area contributed by atoms with Crippen LogP contribution in [-0.4, -0.2) is 29.8 Å². The van der Waals surface area contributed by atoms with Gasteiger partial charge in [0, 0.05) is 23.6 Å². The number of amides is 2. The number of hydrogen-bond acceptors (Lipinski definition) is 2. The summed E-state index contributed by atoms with van der Waals surface area (Å²) in [4.78, 5) is 24.7. The number of halogens is 1. The maximum Gasteiger partial charge on any atom is 0.246 e. The fraction of sp³-hybridized carbons (Fsp3) is 0.286. The van der Waals surface area contributed by atoms with E-state index in [2.05, 4.69) is 15.9 Å². The Morgan fingerprint density at radius 2 is 2.21 bits per heavy atom. The van der Waals surface area contributed by atoms with Crippen LogP contribution in [-0.2, 0) is 9.59 Å². The summed E-state index contributed by atoms with van der Waals surface area (Å²) in [5.41, 5.74) is 6.19. The fourth-order valence-electron chi connectivity index (χ4n) is 2.08. The van der Waals surface area contributed by atoms with E-state index in [4.69, 9.17) is 5.73 Å². The maximum atomic E-state index is 11.9. The van der Waals surface area contributed by atoms with E-state index in [1.165, 1.54) is 6.08 Å². The van der Waals surface area contributed by atoms with Crippen molar-refractivity contribution in [3.8, 4) is 0 Å². The topological polar surface area (TPSA) is 63.4 Å². The van der Waals surface area contributed by atoms with E-state index in [1.54, 1.807) is 11.0 Å². The molecule has 100 valence electrons. The average molecular weight is 323 g/mol. The molecule has 1 saturated heterocycles. The third-order valence-electron chi connectivity index (χ3n) is 3.17. The lowest BCUT2D eigenvalue weighted by Crippen LogP contribution is -2.30. The average Bonchev–Trinajstić information content (AvgIpc) is 2.86. The van der Waals surface area contributed by atoms with Crippen LogP contribution in [0.5, 0.6) is 0 Å². The number of likely N-dealkylation sites (tertiary alicyclic amines) is 1. The van der Waals surface area contributed by atoms with Gasteiger partial charge in [0.1, 0.15) is 0 Å². The molecule has 1 aromatic carbocycles. The number of nitrogens with two attached hydrogens (primary N) is 1. The summed E-state index contributed by atoms with van der Waals surface area (Å²) in [5.74, 6) is -0.613. The second-order valence-electron chi connectivity index (χ2n) is 4.56. The lowest BCUT2D eigenvalue weighted by Gasteiger charge is -2.13. The zero-order chi connectivity index (χ0) is 13.8. The highest BCUT2D eigenvalue weighted by molar-refractivity contribution is 9.10. The Hall–Kier alpha value is -1.62. The van der Waals surface area contributed by atoms with Gasteiger partial charge in [0.15, 0.2) is 0 Å². The van der Waals surface area contributed by atoms with Gasteiger partial charge in [-0.15, -0.1) is 0 Å². The van der Waals surface area contributed by atoms with Gasteiger partial charge in [-0.1, -0.05) is 28.1 Å². The molecule has 0 saturated carbocycles. The fourth-order valence-corrected chi connectivity index (χ4v) is 2.49. The van der Waals surface area contributed by atoms with E-state index in [0.29, 0.717) is 19.5 Å². The largest absolute Gasteiger partial charge is 0.369 e. The van der Waals surface area contributed by atoms with Crippen molar-refractivity contribution in [1.82, 2.24) is 4.90 Å². The predicted octanol–water partition coefficient (Wildman–Crippen LogP) is 1.80. The molecular formula is C14H15BrN2O2. The summed E-state index contributed by atoms with van der Waals surface area (Å²) < 4.78 is 0.970. The first-order valence-corrected chi connectivity index (χ1v) is 6.87. The molecule has 2 N–H and O–H groups in total. The number of rotatable bonds is 3. The summed E-state index contributed by atoms with van der Waals surface area (Å²) in [6, 6.07) is 7.69. The standard InChI is InChI=1S/C14H15BrN2O2/c15-12-3-1-2-10(8-12)4-5-13(18)17-7-6-11(9-17)14(16)19/h1-5,8,11H,6-7,9H2,(H2,16,19)/b5-4-/t11-/m1/s1. The van der Waals surface area contributed by atoms with Gasteiger partial charge in [-0.3, -0.25) is 9.59 Å². The molecule has 1 fully saturated rings. The minimum atomic E-state index is -0.328. The third-order valence-corrected chi connectivity index (χ3v) is 3.66. The Balaban J connectivity index is 1.96. The Labute approximate surface area is 120 Å². The summed E-state index contributed by atoms with van der Waals surface area (Å²) in [7, 11) is 0. The predicted molar refractivity (Wildman–Crippen MR) is 77.1 cm³/mol. The number of hydrogen-bond donors (Lipinski definition) is 1. The van der Waals surface area contributed by atoms with Crippen LogP contribution in [0.15, 0.2) is 34.8 Å². The number of carbonyl (C=O) groups is 2. The highest BCUT2D eigenvalue weighted by Gasteiger charge is 2.28. The van der Waals surface area contributed by atoms with E-state index >= 15 is 0 Å². The molecule has 1 aromatic rings. The number of primary amides is 1. The van der Waals surface area contributed by atoms with Gasteiger partial charge in [-0.2, -0.15) is 0 Å². The Morgan fingerprint density at radius 3 is 2.84 bits per heavy atom. The van der Waals surface area contributed by atoms with E-state index in [-0.39, 0.29) is 17.7 Å². The van der Waals surface area contributed by atoms with Crippen LogP contribution >= 0.6 is 15.9 Å². The zero-order valence-electron chi connectivity index (χ0n) is 10.4. The minimum Gasteiger partial charge on any atom is -0.369 e. The van der Waals surface area contributed by atoms with E-state index < -0.39 is 0 Å². The smallest absolute Gasteiger partial charge is 0.246 e. The summed E-state index contributed by atoms with van der Waals surface area (Å²) in [6.07, 6.45) is 3.96. The van der Waals surface area contributed by atoms with Crippen molar-refractivity contribution in [1.29, 1.82) is 0 Å². The molecule has 0 bridgehead atoms. The molecule has 0 spiro atoms. The second-order valence-corrected chi connectivity index (χ2v) is 5.48. The monoisotopic (exact) mass is 322 g/mol. The summed E-state index contributed by atoms with van der Waals surface area (Å²) in [6.45, 7) is 1.02. The second kappa shape index (κ2) is 6.02. The molecule has 1 heterocycles. The van der Waals surface area contributed by atoms with E-state index in [0.717, 1.165) is 10.0 Å². The molecular weight excluding hydrogens is 308 g/mol. The number of benzene rings is 1. The van der Waals surface area contributed by atoms with Gasteiger partial charge in [-0.05, 0) is 30.2 Å². The first kappa shape index (κ1) is 13.8. The van der Waals surface area contributed by atoms with Crippen molar-refractivity contribution in [2.24, 2.45) is 11.7 Å². The molecule has 2 amide bonds. The van der Waals surface area contributed by atoms with Crippen LogP contribution in [0.4, 0.5) is 0 Å². The number of carbonyl (C=O) groups excluding carboxylic acids is 2. The molecule has 0 aliphatic carbocycles. The van der Waals surface area contributed by atoms with Gasteiger partial charge in [-0.25, -0.2) is 0 Å². The van der Waals surface area contributed by atoms with Crippen molar-refractivity contribution in [3.63, 3.8) is 0 Å². The molecule has 2 rings (SSSR count). The molecule has 19 heavy (non-hydrogen) atoms. The van der Waals surface area contributed by atoms with Gasteiger partial charge in [0.25, 0.3) is 0 Å². The van der Waals surface area contributed by atoms with Crippen molar-refractivity contribution in [2.45, 2.75) is 6.42 Å². The summed E-state index contributed by atoms with van der Waals surface area (Å²) in [5, 5.41) is 0. The van der Waals surface area contributed by atoms with Crippen molar-refractivity contribution >= 4 is 33.8 Å². The number of nitrogens with zero attached hydrogens (tertiary/aromatic N) is 1. The van der Waals surface area contributed by atoms with E-state index in [9.17, 15) is 9.59 Å². The van der Waals surface area contributed by atoms with Crippen LogP contribution in [0.3, 0.4) is 0 Å². The molecule has 1 aliphatic rings. The van der Waals surface area contributed by atoms with Gasteiger partial charge in [0.05, 0.1) is 5.92 Å². The van der Waals surface area contributed by atoms with Crippen LogP contribution in [0, 0.1) is 5.92 Å². The van der Waals surface area contributed by atoms with Gasteiger partial charge < -0.3 is 10.6 Å². The molecule has 0 aromatic heterocycles. The highest BCUT2D eigenvalue weighted by Crippen LogP contribution is 2.17. The Bertz CT molecular complexity index is 528. The SMILES string of the molecule is NC(=O)[C@@H]1CCN(C(=O)/C=C\c2cccc(Br)c2)C1. The highest BCUT2D eigenvalue weighted by atomic mass is 79.9. The van der Waals surface area contributed by atoms with Crippen molar-refractivity contribution in [3.05, 3.63) is 40.4 Å². The molecule has 0 unspecified atom stereocenters. The van der Waals surface area contributed by atoms with Crippen LogP contribution in [0.25, 0.3) is 6.08 Å². The first-order chi connectivity index (χ1) is 9.06. The van der Waals surface area contributed by atoms with Crippen LogP contribution in [0.2, 0.25) is 0 Å². The first-order valence-electron chi connectivity index (χ1n) is 6.08. The van der Waals surface area contributed by atoms with E-state index in [1.807, 2.05) is 24.3 Å². The normalized spacial score (nSPS) is 19.0. The molecule has 4 nitrogen and oxygen atoms in total. The third kappa shape index (κ3) is 3.67. The Morgan fingerprint density at radius 1 is 1.42 bits per heavy atom. The zero-order valence-corrected chi connectivity index (χ0v) is 12.0. The van der Waals surface area contributed by atoms with Crippen LogP contribution in [0.1, 0.15) is 12.0 Å². The quantitative estimate of drug-likeness (QED) is 0.862. The van der Waals surface area contributed by atoms with Gasteiger partial charge >= 0.3 is 0 Å². The lowest BCUT2D eigenvalue weighted by atomic mass is 10.1. The molecule has 1 aliphatic heterocycles. The maximum absolute atomic E-state index is 11.9. The van der Waals surface area contributed by atoms with Gasteiger partial charge in [0.2, 0.25) is 11.8 Å². The molecule has 0 radical (unpaired) electrons. The minimum absolute atomic E-state index is 0.0799. The molecule has 1 atom stereocenters.